The quantitative estimate of drug-likeness (QED) is 0.871. The van der Waals surface area contributed by atoms with Crippen molar-refractivity contribution in [3.63, 3.8) is 0 Å². The van der Waals surface area contributed by atoms with Crippen LogP contribution in [-0.4, -0.2) is 47.5 Å². The second kappa shape index (κ2) is 6.44. The van der Waals surface area contributed by atoms with Crippen molar-refractivity contribution >= 4 is 23.1 Å². The van der Waals surface area contributed by atoms with Gasteiger partial charge in [-0.05, 0) is 24.8 Å². The van der Waals surface area contributed by atoms with Crippen LogP contribution in [0.4, 0.5) is 5.82 Å². The van der Waals surface area contributed by atoms with E-state index in [1.54, 1.807) is 6.33 Å². The number of anilines is 1. The molecule has 0 N–H and O–H groups in total. The van der Waals surface area contributed by atoms with Gasteiger partial charge in [0.05, 0.1) is 10.6 Å². The van der Waals surface area contributed by atoms with Gasteiger partial charge in [0.2, 0.25) is 0 Å². The van der Waals surface area contributed by atoms with E-state index in [1.807, 2.05) is 29.5 Å². The molecule has 0 saturated carbocycles. The third-order valence-electron chi connectivity index (χ3n) is 4.12. The predicted molar refractivity (Wildman–Crippen MR) is 88.6 cm³/mol. The number of hydrogen-bond donors (Lipinski definition) is 0. The Balaban J connectivity index is 1.82. The van der Waals surface area contributed by atoms with E-state index >= 15 is 0 Å². The van der Waals surface area contributed by atoms with Crippen LogP contribution in [0, 0.1) is 0 Å². The lowest BCUT2D eigenvalue weighted by Gasteiger charge is -2.20. The molecule has 22 heavy (non-hydrogen) atoms. The third-order valence-corrected chi connectivity index (χ3v) is 4.98. The first kappa shape index (κ1) is 15.0. The highest BCUT2D eigenvalue weighted by atomic mass is 32.1. The molecular weight excluding hydrogens is 296 g/mol. The van der Waals surface area contributed by atoms with E-state index in [2.05, 4.69) is 21.8 Å². The fraction of sp³-hybridized carbons (Fsp3) is 0.438. The van der Waals surface area contributed by atoms with E-state index in [-0.39, 0.29) is 5.91 Å². The summed E-state index contributed by atoms with van der Waals surface area (Å²) in [7, 11) is 2.04. The zero-order chi connectivity index (χ0) is 15.5. The van der Waals surface area contributed by atoms with Gasteiger partial charge in [0.1, 0.15) is 12.1 Å². The van der Waals surface area contributed by atoms with E-state index < -0.39 is 0 Å². The largest absolute Gasteiger partial charge is 0.360 e. The lowest BCUT2D eigenvalue weighted by atomic mass is 10.1. The highest BCUT2D eigenvalue weighted by molar-refractivity contribution is 7.12. The molecule has 0 fully saturated rings. The SMILES string of the molecule is CCN(C)c1ncnc2c1CCN(C(=O)c1cccs1)CC2. The molecular formula is C16H20N4OS. The number of aromatic nitrogens is 2. The number of fused-ring (bicyclic) bond motifs is 1. The Morgan fingerprint density at radius 3 is 2.91 bits per heavy atom. The molecule has 6 heteroatoms. The summed E-state index contributed by atoms with van der Waals surface area (Å²) >= 11 is 1.50. The lowest BCUT2D eigenvalue weighted by molar-refractivity contribution is 0.0768. The molecule has 0 aliphatic carbocycles. The van der Waals surface area contributed by atoms with E-state index in [4.69, 9.17) is 0 Å². The van der Waals surface area contributed by atoms with Crippen LogP contribution in [0.1, 0.15) is 27.9 Å². The number of hydrogen-bond acceptors (Lipinski definition) is 5. The van der Waals surface area contributed by atoms with Gasteiger partial charge in [-0.3, -0.25) is 4.79 Å². The van der Waals surface area contributed by atoms with Crippen molar-refractivity contribution in [1.82, 2.24) is 14.9 Å². The Kier molecular flexibility index (Phi) is 4.38. The van der Waals surface area contributed by atoms with Gasteiger partial charge in [0.15, 0.2) is 0 Å². The summed E-state index contributed by atoms with van der Waals surface area (Å²) in [6, 6.07) is 3.81. The number of carbonyl (C=O) groups excluding carboxylic acids is 1. The molecule has 1 amide bonds. The first-order valence-corrected chi connectivity index (χ1v) is 8.45. The third kappa shape index (κ3) is 2.83. The molecule has 0 radical (unpaired) electrons. The molecule has 0 spiro atoms. The average molecular weight is 316 g/mol. The van der Waals surface area contributed by atoms with Crippen LogP contribution < -0.4 is 4.90 Å². The van der Waals surface area contributed by atoms with Gasteiger partial charge >= 0.3 is 0 Å². The van der Waals surface area contributed by atoms with Gasteiger partial charge in [-0.2, -0.15) is 0 Å². The van der Waals surface area contributed by atoms with Gasteiger partial charge in [-0.25, -0.2) is 9.97 Å². The summed E-state index contributed by atoms with van der Waals surface area (Å²) in [4.78, 5) is 26.3. The zero-order valence-electron chi connectivity index (χ0n) is 13.0. The lowest BCUT2D eigenvalue weighted by Crippen LogP contribution is -2.32. The van der Waals surface area contributed by atoms with Crippen molar-refractivity contribution in [3.05, 3.63) is 40.0 Å². The van der Waals surface area contributed by atoms with Crippen molar-refractivity contribution in [2.75, 3.05) is 31.6 Å². The number of rotatable bonds is 3. The first-order chi connectivity index (χ1) is 10.7. The molecule has 3 rings (SSSR count). The van der Waals surface area contributed by atoms with Gasteiger partial charge in [-0.1, -0.05) is 6.07 Å². The summed E-state index contributed by atoms with van der Waals surface area (Å²) < 4.78 is 0. The van der Waals surface area contributed by atoms with Crippen LogP contribution in [0.2, 0.25) is 0 Å². The fourth-order valence-electron chi connectivity index (χ4n) is 2.75. The van der Waals surface area contributed by atoms with Crippen LogP contribution in [0.25, 0.3) is 0 Å². The van der Waals surface area contributed by atoms with Crippen LogP contribution in [-0.2, 0) is 12.8 Å². The molecule has 2 aromatic rings. The highest BCUT2D eigenvalue weighted by Crippen LogP contribution is 2.24. The average Bonchev–Trinajstić information content (AvgIpc) is 3.00. The molecule has 3 heterocycles. The van der Waals surface area contributed by atoms with E-state index in [0.717, 1.165) is 48.9 Å². The molecule has 1 aliphatic rings. The summed E-state index contributed by atoms with van der Waals surface area (Å²) in [5, 5.41) is 1.94. The Morgan fingerprint density at radius 1 is 1.36 bits per heavy atom. The van der Waals surface area contributed by atoms with Crippen molar-refractivity contribution in [3.8, 4) is 0 Å². The summed E-state index contributed by atoms with van der Waals surface area (Å²) in [6.07, 6.45) is 3.24. The first-order valence-electron chi connectivity index (χ1n) is 7.57. The van der Waals surface area contributed by atoms with E-state index in [9.17, 15) is 4.79 Å². The van der Waals surface area contributed by atoms with Crippen LogP contribution in [0.3, 0.4) is 0 Å². The second-order valence-corrected chi connectivity index (χ2v) is 6.35. The van der Waals surface area contributed by atoms with Crippen molar-refractivity contribution in [2.45, 2.75) is 19.8 Å². The normalized spacial score (nSPS) is 14.4. The Hall–Kier alpha value is -1.95. The molecule has 1 aliphatic heterocycles. The number of thiophene rings is 1. The fourth-order valence-corrected chi connectivity index (χ4v) is 3.44. The van der Waals surface area contributed by atoms with Gasteiger partial charge in [0, 0.05) is 38.7 Å². The zero-order valence-corrected chi connectivity index (χ0v) is 13.8. The molecule has 2 aromatic heterocycles. The topological polar surface area (TPSA) is 49.3 Å². The van der Waals surface area contributed by atoms with Crippen LogP contribution in [0.15, 0.2) is 23.8 Å². The highest BCUT2D eigenvalue weighted by Gasteiger charge is 2.23. The Morgan fingerprint density at radius 2 is 2.18 bits per heavy atom. The Labute approximate surface area is 134 Å². The molecule has 0 unspecified atom stereocenters. The van der Waals surface area contributed by atoms with E-state index in [0.29, 0.717) is 0 Å². The molecule has 0 saturated heterocycles. The van der Waals surface area contributed by atoms with Gasteiger partial charge in [0.25, 0.3) is 5.91 Å². The summed E-state index contributed by atoms with van der Waals surface area (Å²) in [5.41, 5.74) is 2.26. The van der Waals surface area contributed by atoms with Crippen molar-refractivity contribution in [2.24, 2.45) is 0 Å². The van der Waals surface area contributed by atoms with Crippen LogP contribution in [0.5, 0.6) is 0 Å². The van der Waals surface area contributed by atoms with E-state index in [1.165, 1.54) is 16.9 Å². The molecule has 0 aromatic carbocycles. The minimum Gasteiger partial charge on any atom is -0.360 e. The van der Waals surface area contributed by atoms with Crippen molar-refractivity contribution in [1.29, 1.82) is 0 Å². The summed E-state index contributed by atoms with van der Waals surface area (Å²) in [5.74, 6) is 1.12. The van der Waals surface area contributed by atoms with Crippen LogP contribution >= 0.6 is 11.3 Å². The molecule has 0 atom stereocenters. The standard InChI is InChI=1S/C16H20N4OS/c1-3-19(2)15-12-6-8-20(9-7-13(12)17-11-18-15)16(21)14-5-4-10-22-14/h4-5,10-11H,3,6-9H2,1-2H3. The van der Waals surface area contributed by atoms with Gasteiger partial charge < -0.3 is 9.80 Å². The number of carbonyl (C=O) groups is 1. The smallest absolute Gasteiger partial charge is 0.263 e. The predicted octanol–water partition coefficient (Wildman–Crippen LogP) is 2.24. The second-order valence-electron chi connectivity index (χ2n) is 5.41. The Bertz CT molecular complexity index is 656. The number of amides is 1. The molecule has 5 nitrogen and oxygen atoms in total. The van der Waals surface area contributed by atoms with Crippen molar-refractivity contribution < 1.29 is 4.79 Å². The molecule has 116 valence electrons. The number of nitrogens with zero attached hydrogens (tertiary/aromatic N) is 4. The monoisotopic (exact) mass is 316 g/mol. The maximum absolute atomic E-state index is 12.5. The maximum atomic E-state index is 12.5. The minimum atomic E-state index is 0.126. The minimum absolute atomic E-state index is 0.126. The van der Waals surface area contributed by atoms with Gasteiger partial charge in [-0.15, -0.1) is 11.3 Å². The maximum Gasteiger partial charge on any atom is 0.263 e. The summed E-state index contributed by atoms with van der Waals surface area (Å²) in [6.45, 7) is 4.46. The molecule has 0 bridgehead atoms.